The fourth-order valence-electron chi connectivity index (χ4n) is 1.85. The molecule has 5 heteroatoms. The number of amides is 1. The number of hydrogen-bond acceptors (Lipinski definition) is 3. The number of thioether (sulfide) groups is 1. The van der Waals surface area contributed by atoms with E-state index in [-0.39, 0.29) is 5.56 Å². The van der Waals surface area contributed by atoms with Gasteiger partial charge in [-0.15, -0.1) is 11.8 Å². The molecule has 3 nitrogen and oxygen atoms in total. The van der Waals surface area contributed by atoms with Crippen LogP contribution in [0.15, 0.2) is 47.4 Å². The van der Waals surface area contributed by atoms with E-state index in [9.17, 15) is 9.18 Å². The van der Waals surface area contributed by atoms with Gasteiger partial charge in [0, 0.05) is 17.7 Å². The highest BCUT2D eigenvalue weighted by molar-refractivity contribution is 7.98. The molecular weight excluding hydrogens is 289 g/mol. The Morgan fingerprint density at radius 2 is 1.95 bits per heavy atom. The maximum atomic E-state index is 13.8. The lowest BCUT2D eigenvalue weighted by atomic mass is 10.2. The Kier molecular flexibility index (Phi) is 5.22. The van der Waals surface area contributed by atoms with Crippen LogP contribution in [-0.2, 0) is 5.75 Å². The van der Waals surface area contributed by atoms with Crippen molar-refractivity contribution < 1.29 is 13.9 Å². The Morgan fingerprint density at radius 1 is 1.24 bits per heavy atom. The molecule has 0 saturated heterocycles. The van der Waals surface area contributed by atoms with Crippen molar-refractivity contribution >= 4 is 17.7 Å². The molecule has 2 aromatic rings. The molecular formula is C16H16FNO2S. The zero-order valence-corrected chi connectivity index (χ0v) is 12.7. The Balaban J connectivity index is 2.15. The van der Waals surface area contributed by atoms with Crippen molar-refractivity contribution in [2.24, 2.45) is 0 Å². The average Bonchev–Trinajstić information content (AvgIpc) is 2.52. The van der Waals surface area contributed by atoms with Gasteiger partial charge in [-0.05, 0) is 29.8 Å². The minimum Gasteiger partial charge on any atom is -0.497 e. The van der Waals surface area contributed by atoms with E-state index in [2.05, 4.69) is 5.32 Å². The number of benzene rings is 2. The molecule has 0 aliphatic rings. The van der Waals surface area contributed by atoms with Gasteiger partial charge in [-0.25, -0.2) is 4.39 Å². The van der Waals surface area contributed by atoms with Gasteiger partial charge in [0.1, 0.15) is 11.6 Å². The second-order valence-electron chi connectivity index (χ2n) is 4.33. The molecule has 0 unspecified atom stereocenters. The standard InChI is InChI=1S/C16H16FNO2S/c1-18-16(19)15-13(17)4-3-5-14(15)21-10-11-6-8-12(20-2)9-7-11/h3-9H,10H2,1-2H3,(H,18,19). The van der Waals surface area contributed by atoms with Crippen molar-refractivity contribution in [3.05, 3.63) is 59.4 Å². The van der Waals surface area contributed by atoms with Crippen molar-refractivity contribution in [3.63, 3.8) is 0 Å². The molecule has 0 atom stereocenters. The largest absolute Gasteiger partial charge is 0.497 e. The minimum absolute atomic E-state index is 0.0958. The molecule has 0 bridgehead atoms. The van der Waals surface area contributed by atoms with Crippen LogP contribution in [-0.4, -0.2) is 20.1 Å². The number of carbonyl (C=O) groups is 1. The van der Waals surface area contributed by atoms with Gasteiger partial charge in [0.05, 0.1) is 12.7 Å². The third-order valence-electron chi connectivity index (χ3n) is 2.98. The second kappa shape index (κ2) is 7.13. The predicted molar refractivity (Wildman–Crippen MR) is 82.3 cm³/mol. The molecule has 21 heavy (non-hydrogen) atoms. The smallest absolute Gasteiger partial charge is 0.255 e. The second-order valence-corrected chi connectivity index (χ2v) is 5.35. The third-order valence-corrected chi connectivity index (χ3v) is 4.11. The molecule has 0 spiro atoms. The summed E-state index contributed by atoms with van der Waals surface area (Å²) in [5, 5.41) is 2.47. The van der Waals surface area contributed by atoms with E-state index in [0.29, 0.717) is 10.6 Å². The summed E-state index contributed by atoms with van der Waals surface area (Å²) in [6.07, 6.45) is 0. The molecule has 1 N–H and O–H groups in total. The maximum Gasteiger partial charge on any atom is 0.255 e. The number of nitrogens with one attached hydrogen (secondary N) is 1. The summed E-state index contributed by atoms with van der Waals surface area (Å²) in [7, 11) is 3.11. The number of hydrogen-bond donors (Lipinski definition) is 1. The number of halogens is 1. The molecule has 0 fully saturated rings. The van der Waals surface area contributed by atoms with Gasteiger partial charge in [-0.3, -0.25) is 4.79 Å². The van der Waals surface area contributed by atoms with Gasteiger partial charge in [-0.2, -0.15) is 0 Å². The number of carbonyl (C=O) groups excluding carboxylic acids is 1. The maximum absolute atomic E-state index is 13.8. The summed E-state index contributed by atoms with van der Waals surface area (Å²) in [6, 6.07) is 12.3. The minimum atomic E-state index is -0.505. The van der Waals surface area contributed by atoms with Gasteiger partial charge in [0.15, 0.2) is 0 Å². The fraction of sp³-hybridized carbons (Fsp3) is 0.188. The number of ether oxygens (including phenoxy) is 1. The summed E-state index contributed by atoms with van der Waals surface area (Å²) in [6.45, 7) is 0. The topological polar surface area (TPSA) is 38.3 Å². The van der Waals surface area contributed by atoms with Crippen LogP contribution in [0.3, 0.4) is 0 Å². The van der Waals surface area contributed by atoms with Crippen molar-refractivity contribution in [1.82, 2.24) is 5.32 Å². The molecule has 0 heterocycles. The lowest BCUT2D eigenvalue weighted by molar-refractivity contribution is 0.0956. The lowest BCUT2D eigenvalue weighted by Crippen LogP contribution is -2.20. The molecule has 110 valence electrons. The van der Waals surface area contributed by atoms with Crippen LogP contribution in [0.1, 0.15) is 15.9 Å². The number of methoxy groups -OCH3 is 1. The van der Waals surface area contributed by atoms with E-state index in [0.717, 1.165) is 11.3 Å². The van der Waals surface area contributed by atoms with E-state index in [1.54, 1.807) is 19.2 Å². The van der Waals surface area contributed by atoms with Crippen LogP contribution in [0.2, 0.25) is 0 Å². The first kappa shape index (κ1) is 15.4. The van der Waals surface area contributed by atoms with Gasteiger partial charge >= 0.3 is 0 Å². The Bertz CT molecular complexity index is 629. The zero-order chi connectivity index (χ0) is 15.2. The molecule has 0 aromatic heterocycles. The van der Waals surface area contributed by atoms with Gasteiger partial charge < -0.3 is 10.1 Å². The third kappa shape index (κ3) is 3.76. The van der Waals surface area contributed by atoms with Crippen molar-refractivity contribution in [3.8, 4) is 5.75 Å². The van der Waals surface area contributed by atoms with Crippen LogP contribution >= 0.6 is 11.8 Å². The molecule has 2 rings (SSSR count). The van der Waals surface area contributed by atoms with Gasteiger partial charge in [0.25, 0.3) is 5.91 Å². The molecule has 0 saturated carbocycles. The van der Waals surface area contributed by atoms with E-state index in [1.807, 2.05) is 24.3 Å². The van der Waals surface area contributed by atoms with Crippen molar-refractivity contribution in [2.75, 3.05) is 14.2 Å². The van der Waals surface area contributed by atoms with E-state index >= 15 is 0 Å². The van der Waals surface area contributed by atoms with E-state index < -0.39 is 11.7 Å². The average molecular weight is 305 g/mol. The number of rotatable bonds is 5. The molecule has 0 radical (unpaired) electrons. The molecule has 1 amide bonds. The van der Waals surface area contributed by atoms with Crippen molar-refractivity contribution in [2.45, 2.75) is 10.6 Å². The van der Waals surface area contributed by atoms with Crippen molar-refractivity contribution in [1.29, 1.82) is 0 Å². The summed E-state index contributed by atoms with van der Waals surface area (Å²) in [5.74, 6) is 0.525. The van der Waals surface area contributed by atoms with Crippen LogP contribution in [0.5, 0.6) is 5.75 Å². The summed E-state index contributed by atoms with van der Waals surface area (Å²) in [5.41, 5.74) is 1.17. The Labute approximate surface area is 127 Å². The molecule has 0 aliphatic carbocycles. The first-order valence-electron chi connectivity index (χ1n) is 6.42. The molecule has 2 aromatic carbocycles. The highest BCUT2D eigenvalue weighted by Crippen LogP contribution is 2.28. The zero-order valence-electron chi connectivity index (χ0n) is 11.9. The fourth-order valence-corrected chi connectivity index (χ4v) is 2.88. The SMILES string of the molecule is CNC(=O)c1c(F)cccc1SCc1ccc(OC)cc1. The van der Waals surface area contributed by atoms with Crippen LogP contribution < -0.4 is 10.1 Å². The van der Waals surface area contributed by atoms with E-state index in [1.165, 1.54) is 24.9 Å². The Morgan fingerprint density at radius 3 is 2.57 bits per heavy atom. The monoisotopic (exact) mass is 305 g/mol. The first-order valence-corrected chi connectivity index (χ1v) is 7.40. The highest BCUT2D eigenvalue weighted by atomic mass is 32.2. The summed E-state index contributed by atoms with van der Waals surface area (Å²) >= 11 is 1.43. The van der Waals surface area contributed by atoms with Gasteiger partial charge in [-0.1, -0.05) is 18.2 Å². The van der Waals surface area contributed by atoms with Crippen LogP contribution in [0.25, 0.3) is 0 Å². The predicted octanol–water partition coefficient (Wildman–Crippen LogP) is 3.49. The van der Waals surface area contributed by atoms with Gasteiger partial charge in [0.2, 0.25) is 0 Å². The lowest BCUT2D eigenvalue weighted by Gasteiger charge is -2.09. The quantitative estimate of drug-likeness (QED) is 0.859. The highest BCUT2D eigenvalue weighted by Gasteiger charge is 2.15. The molecule has 0 aliphatic heterocycles. The summed E-state index contributed by atoms with van der Waals surface area (Å²) < 4.78 is 18.9. The Hall–Kier alpha value is -2.01. The normalized spacial score (nSPS) is 10.2. The van der Waals surface area contributed by atoms with Crippen LogP contribution in [0, 0.1) is 5.82 Å². The first-order chi connectivity index (χ1) is 10.2. The van der Waals surface area contributed by atoms with E-state index in [4.69, 9.17) is 4.74 Å². The van der Waals surface area contributed by atoms with Crippen LogP contribution in [0.4, 0.5) is 4.39 Å². The summed E-state index contributed by atoms with van der Waals surface area (Å²) in [4.78, 5) is 12.4.